The van der Waals surface area contributed by atoms with Gasteiger partial charge >= 0.3 is 5.97 Å². The number of nitrogens with one attached hydrogen (secondary N) is 1. The highest BCUT2D eigenvalue weighted by molar-refractivity contribution is 7.15. The van der Waals surface area contributed by atoms with Crippen LogP contribution in [0, 0.1) is 0 Å². The molecular formula is C17H17N3O4S. The number of ether oxygens (including phenoxy) is 1. The van der Waals surface area contributed by atoms with Crippen molar-refractivity contribution in [3.05, 3.63) is 59.4 Å². The summed E-state index contributed by atoms with van der Waals surface area (Å²) >= 11 is 1.40. The van der Waals surface area contributed by atoms with Crippen LogP contribution in [0.1, 0.15) is 22.5 Å². The molecule has 0 aliphatic rings. The molecule has 0 spiro atoms. The standard InChI is InChI=1S/C17H17N3O4S/c21-15(14-10-20-7-9-25-17(20)19-14)18-13(16(22)23)6-8-24-11-12-4-2-1-3-5-12/h1-5,7,9-10,13H,6,8,11H2,(H,18,21)(H,22,23)/t13-/m0/s1. The summed E-state index contributed by atoms with van der Waals surface area (Å²) in [7, 11) is 0. The van der Waals surface area contributed by atoms with E-state index in [2.05, 4.69) is 10.3 Å². The average molecular weight is 359 g/mol. The number of nitrogens with zero attached hydrogens (tertiary/aromatic N) is 2. The molecule has 1 atom stereocenters. The number of benzene rings is 1. The Hall–Kier alpha value is -2.71. The van der Waals surface area contributed by atoms with Crippen molar-refractivity contribution in [1.82, 2.24) is 14.7 Å². The predicted octanol–water partition coefficient (Wildman–Crippen LogP) is 2.19. The highest BCUT2D eigenvalue weighted by atomic mass is 32.1. The van der Waals surface area contributed by atoms with Crippen LogP contribution < -0.4 is 5.32 Å². The number of fused-ring (bicyclic) bond motifs is 1. The summed E-state index contributed by atoms with van der Waals surface area (Å²) in [5.41, 5.74) is 1.21. The molecule has 25 heavy (non-hydrogen) atoms. The van der Waals surface area contributed by atoms with Crippen molar-refractivity contribution in [2.45, 2.75) is 19.1 Å². The summed E-state index contributed by atoms with van der Waals surface area (Å²) in [6.07, 6.45) is 3.54. The second kappa shape index (κ2) is 7.91. The van der Waals surface area contributed by atoms with Crippen molar-refractivity contribution in [2.75, 3.05) is 6.61 Å². The summed E-state index contributed by atoms with van der Waals surface area (Å²) in [6, 6.07) is 8.58. The van der Waals surface area contributed by atoms with E-state index in [0.29, 0.717) is 11.6 Å². The summed E-state index contributed by atoms with van der Waals surface area (Å²) in [6.45, 7) is 0.628. The fraction of sp³-hybridized carbons (Fsp3) is 0.235. The van der Waals surface area contributed by atoms with Gasteiger partial charge in [0.15, 0.2) is 4.96 Å². The molecule has 3 aromatic rings. The number of aliphatic carboxylic acids is 1. The molecule has 0 radical (unpaired) electrons. The molecule has 3 rings (SSSR count). The Morgan fingerprint density at radius 2 is 2.12 bits per heavy atom. The number of rotatable bonds is 8. The Morgan fingerprint density at radius 3 is 2.84 bits per heavy atom. The first-order valence-electron chi connectivity index (χ1n) is 7.71. The van der Waals surface area contributed by atoms with Gasteiger partial charge in [-0.1, -0.05) is 30.3 Å². The number of amides is 1. The quantitative estimate of drug-likeness (QED) is 0.602. The normalized spacial score (nSPS) is 12.2. The molecule has 0 aliphatic carbocycles. The van der Waals surface area contributed by atoms with Gasteiger partial charge in [0.2, 0.25) is 0 Å². The second-order valence-corrected chi connectivity index (χ2v) is 6.28. The monoisotopic (exact) mass is 359 g/mol. The Bertz CT molecular complexity index is 831. The second-order valence-electron chi connectivity index (χ2n) is 5.41. The van der Waals surface area contributed by atoms with E-state index in [1.807, 2.05) is 35.7 Å². The van der Waals surface area contributed by atoms with Gasteiger partial charge in [0.05, 0.1) is 6.61 Å². The van der Waals surface area contributed by atoms with E-state index in [-0.39, 0.29) is 18.7 Å². The summed E-state index contributed by atoms with van der Waals surface area (Å²) in [5, 5.41) is 13.6. The van der Waals surface area contributed by atoms with Gasteiger partial charge in [-0.25, -0.2) is 9.78 Å². The number of hydrogen-bond acceptors (Lipinski definition) is 5. The number of carbonyl (C=O) groups is 2. The fourth-order valence-corrected chi connectivity index (χ4v) is 2.99. The zero-order valence-electron chi connectivity index (χ0n) is 13.3. The zero-order valence-corrected chi connectivity index (χ0v) is 14.1. The summed E-state index contributed by atoms with van der Waals surface area (Å²) in [5.74, 6) is -1.61. The highest BCUT2D eigenvalue weighted by Gasteiger charge is 2.22. The van der Waals surface area contributed by atoms with Crippen molar-refractivity contribution in [3.8, 4) is 0 Å². The summed E-state index contributed by atoms with van der Waals surface area (Å²) < 4.78 is 7.21. The van der Waals surface area contributed by atoms with Gasteiger partial charge in [-0.15, -0.1) is 11.3 Å². The van der Waals surface area contributed by atoms with Gasteiger partial charge in [-0.3, -0.25) is 9.20 Å². The molecule has 8 heteroatoms. The maximum Gasteiger partial charge on any atom is 0.326 e. The topological polar surface area (TPSA) is 92.9 Å². The number of hydrogen-bond donors (Lipinski definition) is 2. The molecule has 0 bridgehead atoms. The Labute approximate surface area is 147 Å². The minimum Gasteiger partial charge on any atom is -0.480 e. The number of thiazole rings is 1. The molecule has 0 saturated carbocycles. The molecule has 130 valence electrons. The lowest BCUT2D eigenvalue weighted by atomic mass is 10.2. The van der Waals surface area contributed by atoms with Crippen LogP contribution in [0.3, 0.4) is 0 Å². The van der Waals surface area contributed by atoms with Gasteiger partial charge in [0, 0.05) is 30.8 Å². The number of aromatic nitrogens is 2. The van der Waals surface area contributed by atoms with E-state index in [1.165, 1.54) is 11.3 Å². The van der Waals surface area contributed by atoms with Crippen molar-refractivity contribution in [3.63, 3.8) is 0 Å². The van der Waals surface area contributed by atoms with E-state index in [4.69, 9.17) is 4.74 Å². The molecule has 7 nitrogen and oxygen atoms in total. The fourth-order valence-electron chi connectivity index (χ4n) is 2.29. The van der Waals surface area contributed by atoms with Crippen LogP contribution in [-0.4, -0.2) is 39.0 Å². The predicted molar refractivity (Wildman–Crippen MR) is 92.7 cm³/mol. The Morgan fingerprint density at radius 1 is 1.32 bits per heavy atom. The SMILES string of the molecule is O=C(N[C@@H](CCOCc1ccccc1)C(=O)O)c1cn2ccsc2n1. The van der Waals surface area contributed by atoms with Crippen molar-refractivity contribution in [2.24, 2.45) is 0 Å². The third-order valence-electron chi connectivity index (χ3n) is 3.59. The highest BCUT2D eigenvalue weighted by Crippen LogP contribution is 2.11. The van der Waals surface area contributed by atoms with Gasteiger partial charge < -0.3 is 15.2 Å². The van der Waals surface area contributed by atoms with E-state index >= 15 is 0 Å². The van der Waals surface area contributed by atoms with Gasteiger partial charge in [-0.05, 0) is 5.56 Å². The smallest absolute Gasteiger partial charge is 0.326 e. The van der Waals surface area contributed by atoms with Crippen LogP contribution in [0.5, 0.6) is 0 Å². The van der Waals surface area contributed by atoms with Crippen LogP contribution in [0.15, 0.2) is 48.1 Å². The van der Waals surface area contributed by atoms with Crippen LogP contribution >= 0.6 is 11.3 Å². The first-order valence-corrected chi connectivity index (χ1v) is 8.59. The maximum atomic E-state index is 12.2. The third kappa shape index (κ3) is 4.43. The molecule has 1 amide bonds. The van der Waals surface area contributed by atoms with Gasteiger partial charge in [0.25, 0.3) is 5.91 Å². The van der Waals surface area contributed by atoms with Gasteiger partial charge in [0.1, 0.15) is 11.7 Å². The summed E-state index contributed by atoms with van der Waals surface area (Å²) in [4.78, 5) is 28.4. The Kier molecular flexibility index (Phi) is 5.42. The van der Waals surface area contributed by atoms with Crippen LogP contribution in [0.4, 0.5) is 0 Å². The van der Waals surface area contributed by atoms with E-state index < -0.39 is 17.9 Å². The Balaban J connectivity index is 1.51. The van der Waals surface area contributed by atoms with Crippen LogP contribution in [0.25, 0.3) is 4.96 Å². The third-order valence-corrected chi connectivity index (χ3v) is 4.36. The van der Waals surface area contributed by atoms with Crippen molar-refractivity contribution >= 4 is 28.2 Å². The number of carboxylic acid groups (broad SMARTS) is 1. The molecule has 2 heterocycles. The molecule has 2 N–H and O–H groups in total. The average Bonchev–Trinajstić information content (AvgIpc) is 3.20. The molecule has 0 aliphatic heterocycles. The van der Waals surface area contributed by atoms with Crippen molar-refractivity contribution in [1.29, 1.82) is 0 Å². The van der Waals surface area contributed by atoms with Gasteiger partial charge in [-0.2, -0.15) is 0 Å². The molecule has 0 unspecified atom stereocenters. The lowest BCUT2D eigenvalue weighted by Crippen LogP contribution is -2.41. The zero-order chi connectivity index (χ0) is 17.6. The number of carbonyl (C=O) groups excluding carboxylic acids is 1. The minimum atomic E-state index is -1.10. The van der Waals surface area contributed by atoms with Crippen molar-refractivity contribution < 1.29 is 19.4 Å². The first-order chi connectivity index (χ1) is 12.1. The molecule has 2 aromatic heterocycles. The van der Waals surface area contributed by atoms with E-state index in [0.717, 1.165) is 5.56 Å². The molecule has 0 fully saturated rings. The van der Waals surface area contributed by atoms with Crippen LogP contribution in [-0.2, 0) is 16.1 Å². The van der Waals surface area contributed by atoms with E-state index in [9.17, 15) is 14.7 Å². The lowest BCUT2D eigenvalue weighted by Gasteiger charge is -2.14. The minimum absolute atomic E-state index is 0.177. The molecule has 1 aromatic carbocycles. The first kappa shape index (κ1) is 17.1. The molecular weight excluding hydrogens is 342 g/mol. The van der Waals surface area contributed by atoms with E-state index in [1.54, 1.807) is 16.8 Å². The largest absolute Gasteiger partial charge is 0.480 e. The van der Waals surface area contributed by atoms with Crippen LogP contribution in [0.2, 0.25) is 0 Å². The molecule has 0 saturated heterocycles. The maximum absolute atomic E-state index is 12.2. The lowest BCUT2D eigenvalue weighted by molar-refractivity contribution is -0.139. The number of imidazole rings is 1. The number of carboxylic acids is 1.